The van der Waals surface area contributed by atoms with Gasteiger partial charge in [-0.15, -0.1) is 0 Å². The van der Waals surface area contributed by atoms with Crippen LogP contribution in [0.15, 0.2) is 30.3 Å². The molecule has 1 aliphatic rings. The van der Waals surface area contributed by atoms with Gasteiger partial charge in [-0.1, -0.05) is 18.2 Å². The van der Waals surface area contributed by atoms with E-state index in [9.17, 15) is 9.59 Å². The van der Waals surface area contributed by atoms with E-state index in [1.165, 1.54) is 0 Å². The summed E-state index contributed by atoms with van der Waals surface area (Å²) in [5.41, 5.74) is 0. The third-order valence-corrected chi connectivity index (χ3v) is 3.32. The standard InChI is InChI=1S/C14H18N2O3/c1-15-13(17)11-7-9-16(10-8-11)14(18)19-12-5-3-2-4-6-12/h2-6,11H,7-10H2,1H3,(H,15,17). The van der Waals surface area contributed by atoms with Crippen molar-refractivity contribution in [3.05, 3.63) is 30.3 Å². The van der Waals surface area contributed by atoms with Crippen LogP contribution in [-0.4, -0.2) is 37.0 Å². The molecular formula is C14H18N2O3. The second-order valence-electron chi connectivity index (χ2n) is 4.56. The van der Waals surface area contributed by atoms with Gasteiger partial charge in [-0.2, -0.15) is 0 Å². The summed E-state index contributed by atoms with van der Waals surface area (Å²) in [7, 11) is 1.64. The van der Waals surface area contributed by atoms with E-state index in [0.29, 0.717) is 31.7 Å². The van der Waals surface area contributed by atoms with Gasteiger partial charge in [0.05, 0.1) is 0 Å². The minimum absolute atomic E-state index is 0.00535. The van der Waals surface area contributed by atoms with Gasteiger partial charge in [0.2, 0.25) is 5.91 Å². The number of hydrogen-bond donors (Lipinski definition) is 1. The summed E-state index contributed by atoms with van der Waals surface area (Å²) in [6.45, 7) is 1.12. The number of benzene rings is 1. The molecule has 1 heterocycles. The number of ether oxygens (including phenoxy) is 1. The molecule has 0 saturated carbocycles. The molecule has 0 unspecified atom stereocenters. The van der Waals surface area contributed by atoms with Gasteiger partial charge in [-0.25, -0.2) is 4.79 Å². The Morgan fingerprint density at radius 2 is 1.84 bits per heavy atom. The molecule has 0 radical (unpaired) electrons. The number of piperidine rings is 1. The van der Waals surface area contributed by atoms with Gasteiger partial charge < -0.3 is 15.0 Å². The first kappa shape index (κ1) is 13.4. The molecule has 1 N–H and O–H groups in total. The molecule has 5 nitrogen and oxygen atoms in total. The van der Waals surface area contributed by atoms with Crippen LogP contribution in [0.5, 0.6) is 5.75 Å². The summed E-state index contributed by atoms with van der Waals surface area (Å²) in [6, 6.07) is 9.00. The van der Waals surface area contributed by atoms with Crippen molar-refractivity contribution in [2.24, 2.45) is 5.92 Å². The van der Waals surface area contributed by atoms with Crippen LogP contribution >= 0.6 is 0 Å². The Labute approximate surface area is 112 Å². The Hall–Kier alpha value is -2.04. The SMILES string of the molecule is CNC(=O)C1CCN(C(=O)Oc2ccccc2)CC1. The van der Waals surface area contributed by atoms with Crippen molar-refractivity contribution in [3.63, 3.8) is 0 Å². The largest absolute Gasteiger partial charge is 0.415 e. The molecule has 2 amide bonds. The third-order valence-electron chi connectivity index (χ3n) is 3.32. The average molecular weight is 262 g/mol. The Morgan fingerprint density at radius 1 is 1.21 bits per heavy atom. The first-order valence-electron chi connectivity index (χ1n) is 6.44. The number of rotatable bonds is 2. The van der Waals surface area contributed by atoms with Crippen molar-refractivity contribution in [1.29, 1.82) is 0 Å². The molecule has 1 aliphatic heterocycles. The summed E-state index contributed by atoms with van der Waals surface area (Å²) in [4.78, 5) is 25.1. The monoisotopic (exact) mass is 262 g/mol. The molecule has 2 rings (SSSR count). The highest BCUT2D eigenvalue weighted by Gasteiger charge is 2.27. The van der Waals surface area contributed by atoms with Crippen molar-refractivity contribution < 1.29 is 14.3 Å². The van der Waals surface area contributed by atoms with Gasteiger partial charge in [0.25, 0.3) is 0 Å². The van der Waals surface area contributed by atoms with Crippen molar-refractivity contribution in [2.45, 2.75) is 12.8 Å². The Bertz CT molecular complexity index is 439. The maximum absolute atomic E-state index is 11.9. The molecule has 1 aromatic rings. The molecule has 0 aromatic heterocycles. The number of hydrogen-bond acceptors (Lipinski definition) is 3. The molecule has 19 heavy (non-hydrogen) atoms. The van der Waals surface area contributed by atoms with Crippen LogP contribution in [-0.2, 0) is 4.79 Å². The van der Waals surface area contributed by atoms with E-state index in [0.717, 1.165) is 0 Å². The zero-order chi connectivity index (χ0) is 13.7. The fourth-order valence-corrected chi connectivity index (χ4v) is 2.18. The first-order chi connectivity index (χ1) is 9.20. The lowest BCUT2D eigenvalue weighted by Crippen LogP contribution is -2.43. The molecule has 1 aromatic carbocycles. The van der Waals surface area contributed by atoms with Crippen LogP contribution in [0, 0.1) is 5.92 Å². The maximum Gasteiger partial charge on any atom is 0.415 e. The zero-order valence-corrected chi connectivity index (χ0v) is 11.0. The molecule has 1 saturated heterocycles. The number of carbonyl (C=O) groups is 2. The van der Waals surface area contributed by atoms with E-state index in [1.807, 2.05) is 18.2 Å². The van der Waals surface area contributed by atoms with Crippen molar-refractivity contribution in [1.82, 2.24) is 10.2 Å². The molecule has 1 fully saturated rings. The Balaban J connectivity index is 1.84. The van der Waals surface area contributed by atoms with Crippen molar-refractivity contribution >= 4 is 12.0 Å². The zero-order valence-electron chi connectivity index (χ0n) is 11.0. The van der Waals surface area contributed by atoms with Crippen LogP contribution in [0.3, 0.4) is 0 Å². The van der Waals surface area contributed by atoms with Gasteiger partial charge in [0.15, 0.2) is 0 Å². The van der Waals surface area contributed by atoms with Crippen LogP contribution < -0.4 is 10.1 Å². The molecule has 0 atom stereocenters. The molecule has 102 valence electrons. The summed E-state index contributed by atoms with van der Waals surface area (Å²) >= 11 is 0. The Morgan fingerprint density at radius 3 is 2.42 bits per heavy atom. The number of nitrogens with zero attached hydrogens (tertiary/aromatic N) is 1. The molecular weight excluding hydrogens is 244 g/mol. The highest BCUT2D eigenvalue weighted by molar-refractivity contribution is 5.79. The van der Waals surface area contributed by atoms with E-state index < -0.39 is 0 Å². The number of likely N-dealkylation sites (tertiary alicyclic amines) is 1. The lowest BCUT2D eigenvalue weighted by Gasteiger charge is -2.30. The van der Waals surface area contributed by atoms with E-state index in [-0.39, 0.29) is 17.9 Å². The molecule has 0 bridgehead atoms. The van der Waals surface area contributed by atoms with E-state index in [1.54, 1.807) is 24.1 Å². The number of carbonyl (C=O) groups excluding carboxylic acids is 2. The quantitative estimate of drug-likeness (QED) is 0.881. The van der Waals surface area contributed by atoms with Gasteiger partial charge in [0, 0.05) is 26.1 Å². The minimum Gasteiger partial charge on any atom is -0.410 e. The fourth-order valence-electron chi connectivity index (χ4n) is 2.18. The number of amides is 2. The Kier molecular flexibility index (Phi) is 4.39. The summed E-state index contributed by atoms with van der Waals surface area (Å²) in [6.07, 6.45) is 1.02. The highest BCUT2D eigenvalue weighted by atomic mass is 16.6. The topological polar surface area (TPSA) is 58.6 Å². The van der Waals surface area contributed by atoms with Crippen molar-refractivity contribution in [2.75, 3.05) is 20.1 Å². The normalized spacial score (nSPS) is 15.9. The van der Waals surface area contributed by atoms with Gasteiger partial charge in [-0.05, 0) is 25.0 Å². The van der Waals surface area contributed by atoms with Crippen LogP contribution in [0.2, 0.25) is 0 Å². The second-order valence-corrected chi connectivity index (χ2v) is 4.56. The van der Waals surface area contributed by atoms with Crippen LogP contribution in [0.1, 0.15) is 12.8 Å². The highest BCUT2D eigenvalue weighted by Crippen LogP contribution is 2.19. The predicted octanol–water partition coefficient (Wildman–Crippen LogP) is 1.64. The number of para-hydroxylation sites is 1. The molecule has 0 spiro atoms. The maximum atomic E-state index is 11.9. The summed E-state index contributed by atoms with van der Waals surface area (Å²) in [5, 5.41) is 2.64. The lowest BCUT2D eigenvalue weighted by atomic mass is 9.96. The van der Waals surface area contributed by atoms with E-state index in [4.69, 9.17) is 4.74 Å². The van der Waals surface area contributed by atoms with Crippen LogP contribution in [0.25, 0.3) is 0 Å². The predicted molar refractivity (Wildman–Crippen MR) is 70.8 cm³/mol. The van der Waals surface area contributed by atoms with Crippen LogP contribution in [0.4, 0.5) is 4.79 Å². The average Bonchev–Trinajstić information content (AvgIpc) is 2.47. The smallest absolute Gasteiger partial charge is 0.410 e. The van der Waals surface area contributed by atoms with Gasteiger partial charge >= 0.3 is 6.09 Å². The third kappa shape index (κ3) is 3.47. The first-order valence-corrected chi connectivity index (χ1v) is 6.44. The fraction of sp³-hybridized carbons (Fsp3) is 0.429. The second kappa shape index (κ2) is 6.22. The molecule has 5 heteroatoms. The molecule has 0 aliphatic carbocycles. The van der Waals surface area contributed by atoms with Gasteiger partial charge in [0.1, 0.15) is 5.75 Å². The van der Waals surface area contributed by atoms with Gasteiger partial charge in [-0.3, -0.25) is 4.79 Å². The number of nitrogens with one attached hydrogen (secondary N) is 1. The lowest BCUT2D eigenvalue weighted by molar-refractivity contribution is -0.125. The van der Waals surface area contributed by atoms with E-state index >= 15 is 0 Å². The summed E-state index contributed by atoms with van der Waals surface area (Å²) in [5.74, 6) is 0.600. The van der Waals surface area contributed by atoms with E-state index in [2.05, 4.69) is 5.32 Å². The van der Waals surface area contributed by atoms with Crippen molar-refractivity contribution in [3.8, 4) is 5.75 Å². The minimum atomic E-state index is -0.346. The summed E-state index contributed by atoms with van der Waals surface area (Å²) < 4.78 is 5.26.